The van der Waals surface area contributed by atoms with Crippen LogP contribution in [0.1, 0.15) is 0 Å². The molecule has 31 heavy (non-hydrogen) atoms. The molecular formula is C24H19FN2O3S. The molecule has 3 aromatic carbocycles. The van der Waals surface area contributed by atoms with Crippen molar-refractivity contribution in [1.29, 1.82) is 0 Å². The number of nitrogens with zero attached hydrogens (tertiary/aromatic N) is 1. The predicted octanol–water partition coefficient (Wildman–Crippen LogP) is 5.64. The maximum absolute atomic E-state index is 14.1. The van der Waals surface area contributed by atoms with Gasteiger partial charge in [0.15, 0.2) is 6.61 Å². The van der Waals surface area contributed by atoms with Crippen LogP contribution in [0.3, 0.4) is 0 Å². The summed E-state index contributed by atoms with van der Waals surface area (Å²) >= 11 is 1.35. The van der Waals surface area contributed by atoms with Crippen molar-refractivity contribution in [3.05, 3.63) is 84.0 Å². The highest BCUT2D eigenvalue weighted by Crippen LogP contribution is 2.33. The molecule has 1 aromatic heterocycles. The Morgan fingerprint density at radius 3 is 2.39 bits per heavy atom. The molecule has 0 bridgehead atoms. The minimum absolute atomic E-state index is 0.141. The fraction of sp³-hybridized carbons (Fsp3) is 0.0833. The molecule has 0 aliphatic carbocycles. The van der Waals surface area contributed by atoms with Gasteiger partial charge in [-0.25, -0.2) is 9.37 Å². The molecule has 0 atom stereocenters. The number of rotatable bonds is 7. The Morgan fingerprint density at radius 2 is 1.65 bits per heavy atom. The monoisotopic (exact) mass is 434 g/mol. The van der Waals surface area contributed by atoms with Gasteiger partial charge in [-0.15, -0.1) is 11.3 Å². The first-order valence-electron chi connectivity index (χ1n) is 9.50. The van der Waals surface area contributed by atoms with E-state index in [0.29, 0.717) is 33.5 Å². The van der Waals surface area contributed by atoms with Crippen molar-refractivity contribution in [2.45, 2.75) is 0 Å². The number of halogens is 1. The third kappa shape index (κ3) is 4.90. The number of carbonyl (C=O) groups is 1. The molecule has 0 fully saturated rings. The van der Waals surface area contributed by atoms with Gasteiger partial charge in [-0.3, -0.25) is 4.79 Å². The number of hydrogen-bond donors (Lipinski definition) is 1. The van der Waals surface area contributed by atoms with Crippen LogP contribution in [-0.2, 0) is 4.79 Å². The summed E-state index contributed by atoms with van der Waals surface area (Å²) in [5, 5.41) is 5.29. The summed E-state index contributed by atoms with van der Waals surface area (Å²) in [4.78, 5) is 17.0. The molecule has 156 valence electrons. The van der Waals surface area contributed by atoms with E-state index in [2.05, 4.69) is 10.3 Å². The lowest BCUT2D eigenvalue weighted by molar-refractivity contribution is -0.118. The molecule has 0 saturated carbocycles. The molecule has 4 rings (SSSR count). The van der Waals surface area contributed by atoms with Crippen molar-refractivity contribution in [2.24, 2.45) is 0 Å². The molecule has 0 aliphatic heterocycles. The minimum Gasteiger partial charge on any atom is -0.497 e. The van der Waals surface area contributed by atoms with Crippen LogP contribution in [0.5, 0.6) is 11.5 Å². The van der Waals surface area contributed by atoms with E-state index < -0.39 is 0 Å². The van der Waals surface area contributed by atoms with E-state index in [0.717, 1.165) is 5.56 Å². The quantitative estimate of drug-likeness (QED) is 0.409. The van der Waals surface area contributed by atoms with Crippen LogP contribution < -0.4 is 14.8 Å². The first-order valence-corrected chi connectivity index (χ1v) is 10.4. The van der Waals surface area contributed by atoms with Gasteiger partial charge < -0.3 is 14.8 Å². The summed E-state index contributed by atoms with van der Waals surface area (Å²) in [6, 6.07) is 20.9. The van der Waals surface area contributed by atoms with E-state index in [1.807, 2.05) is 23.6 Å². The van der Waals surface area contributed by atoms with Gasteiger partial charge in [0.1, 0.15) is 22.3 Å². The SMILES string of the molecule is COc1ccc(OCC(=O)Nc2ccccc2-c2csc(-c3ccccc3F)n2)cc1. The molecule has 4 aromatic rings. The van der Waals surface area contributed by atoms with E-state index in [4.69, 9.17) is 9.47 Å². The fourth-order valence-corrected chi connectivity index (χ4v) is 3.82. The van der Waals surface area contributed by atoms with Crippen LogP contribution in [0.15, 0.2) is 78.2 Å². The first kappa shape index (κ1) is 20.6. The number of hydrogen-bond acceptors (Lipinski definition) is 5. The number of para-hydroxylation sites is 1. The van der Waals surface area contributed by atoms with Crippen LogP contribution in [0.4, 0.5) is 10.1 Å². The smallest absolute Gasteiger partial charge is 0.262 e. The molecule has 0 radical (unpaired) electrons. The van der Waals surface area contributed by atoms with Gasteiger partial charge in [0.2, 0.25) is 0 Å². The first-order chi connectivity index (χ1) is 15.1. The zero-order chi connectivity index (χ0) is 21.6. The Morgan fingerprint density at radius 1 is 0.968 bits per heavy atom. The number of methoxy groups -OCH3 is 1. The van der Waals surface area contributed by atoms with Gasteiger partial charge in [-0.2, -0.15) is 0 Å². The van der Waals surface area contributed by atoms with Crippen LogP contribution in [0.25, 0.3) is 21.8 Å². The standard InChI is InChI=1S/C24H19FN2O3S/c1-29-16-10-12-17(13-11-16)30-14-23(28)26-21-9-5-3-7-19(21)22-15-31-24(27-22)18-6-2-4-8-20(18)25/h2-13,15H,14H2,1H3,(H,26,28). The second kappa shape index (κ2) is 9.40. The molecule has 0 spiro atoms. The molecule has 5 nitrogen and oxygen atoms in total. The Kier molecular flexibility index (Phi) is 6.24. The molecule has 0 saturated heterocycles. The van der Waals surface area contributed by atoms with Crippen molar-refractivity contribution in [1.82, 2.24) is 4.98 Å². The number of benzene rings is 3. The van der Waals surface area contributed by atoms with Crippen molar-refractivity contribution in [2.75, 3.05) is 19.0 Å². The Labute approximate surface area is 183 Å². The number of carbonyl (C=O) groups excluding carboxylic acids is 1. The number of anilines is 1. The summed E-state index contributed by atoms with van der Waals surface area (Å²) in [7, 11) is 1.59. The van der Waals surface area contributed by atoms with Crippen molar-refractivity contribution >= 4 is 22.9 Å². The Bertz CT molecular complexity index is 1190. The van der Waals surface area contributed by atoms with Gasteiger partial charge in [0.25, 0.3) is 5.91 Å². The molecule has 7 heteroatoms. The number of amides is 1. The summed E-state index contributed by atoms with van der Waals surface area (Å²) in [5.41, 5.74) is 2.47. The van der Waals surface area contributed by atoms with Crippen LogP contribution in [0.2, 0.25) is 0 Å². The zero-order valence-corrected chi connectivity index (χ0v) is 17.5. The zero-order valence-electron chi connectivity index (χ0n) is 16.7. The summed E-state index contributed by atoms with van der Waals surface area (Å²) in [6.07, 6.45) is 0. The Balaban J connectivity index is 1.47. The highest BCUT2D eigenvalue weighted by Gasteiger charge is 2.14. The lowest BCUT2D eigenvalue weighted by Gasteiger charge is -2.11. The van der Waals surface area contributed by atoms with Crippen molar-refractivity contribution < 1.29 is 18.7 Å². The number of aromatic nitrogens is 1. The molecule has 1 heterocycles. The molecule has 0 aliphatic rings. The van der Waals surface area contributed by atoms with Gasteiger partial charge in [-0.1, -0.05) is 30.3 Å². The molecule has 0 unspecified atom stereocenters. The topological polar surface area (TPSA) is 60.5 Å². The van der Waals surface area contributed by atoms with Gasteiger partial charge in [-0.05, 0) is 42.5 Å². The Hall–Kier alpha value is -3.71. The second-order valence-corrected chi connectivity index (χ2v) is 7.43. The van der Waals surface area contributed by atoms with Crippen LogP contribution in [-0.4, -0.2) is 24.6 Å². The maximum atomic E-state index is 14.1. The van der Waals surface area contributed by atoms with Gasteiger partial charge in [0, 0.05) is 16.5 Å². The van der Waals surface area contributed by atoms with Gasteiger partial charge in [0.05, 0.1) is 18.5 Å². The average molecular weight is 434 g/mol. The van der Waals surface area contributed by atoms with E-state index >= 15 is 0 Å². The summed E-state index contributed by atoms with van der Waals surface area (Å²) < 4.78 is 24.7. The normalized spacial score (nSPS) is 10.5. The highest BCUT2D eigenvalue weighted by atomic mass is 32.1. The summed E-state index contributed by atoms with van der Waals surface area (Å²) in [5.74, 6) is 0.663. The summed E-state index contributed by atoms with van der Waals surface area (Å²) in [6.45, 7) is -0.141. The van der Waals surface area contributed by atoms with E-state index in [9.17, 15) is 9.18 Å². The predicted molar refractivity (Wildman–Crippen MR) is 120 cm³/mol. The maximum Gasteiger partial charge on any atom is 0.262 e. The van der Waals surface area contributed by atoms with Crippen LogP contribution in [0, 0.1) is 5.82 Å². The number of nitrogens with one attached hydrogen (secondary N) is 1. The largest absolute Gasteiger partial charge is 0.497 e. The lowest BCUT2D eigenvalue weighted by Crippen LogP contribution is -2.20. The van der Waals surface area contributed by atoms with Crippen molar-refractivity contribution in [3.63, 3.8) is 0 Å². The van der Waals surface area contributed by atoms with E-state index in [1.165, 1.54) is 17.4 Å². The molecule has 1 N–H and O–H groups in total. The third-order valence-corrected chi connectivity index (χ3v) is 5.39. The van der Waals surface area contributed by atoms with Crippen LogP contribution >= 0.6 is 11.3 Å². The minimum atomic E-state index is -0.319. The van der Waals surface area contributed by atoms with E-state index in [-0.39, 0.29) is 18.3 Å². The van der Waals surface area contributed by atoms with Gasteiger partial charge >= 0.3 is 0 Å². The van der Waals surface area contributed by atoms with Crippen molar-refractivity contribution in [3.8, 4) is 33.3 Å². The number of thiazole rings is 1. The molecule has 1 amide bonds. The fourth-order valence-electron chi connectivity index (χ4n) is 2.98. The lowest BCUT2D eigenvalue weighted by atomic mass is 10.1. The third-order valence-electron chi connectivity index (χ3n) is 4.51. The highest BCUT2D eigenvalue weighted by molar-refractivity contribution is 7.13. The molecular weight excluding hydrogens is 415 g/mol. The average Bonchev–Trinajstić information content (AvgIpc) is 3.28. The second-order valence-electron chi connectivity index (χ2n) is 6.58. The van der Waals surface area contributed by atoms with E-state index in [1.54, 1.807) is 55.6 Å². The number of ether oxygens (including phenoxy) is 2.